The molecule has 0 radical (unpaired) electrons. The number of hydrogen-bond acceptors (Lipinski definition) is 4. The first-order chi connectivity index (χ1) is 12.1. The molecule has 1 aromatic carbocycles. The van der Waals surface area contributed by atoms with E-state index in [2.05, 4.69) is 20.2 Å². The van der Waals surface area contributed by atoms with Crippen molar-refractivity contribution in [2.24, 2.45) is 5.41 Å². The number of benzene rings is 1. The lowest BCUT2D eigenvalue weighted by atomic mass is 9.79. The van der Waals surface area contributed by atoms with E-state index in [0.29, 0.717) is 5.41 Å². The smallest absolute Gasteiger partial charge is 0.142 e. The molecular weight excluding hydrogens is 357 g/mol. The number of thiazole rings is 1. The molecule has 0 saturated carbocycles. The van der Waals surface area contributed by atoms with Crippen LogP contribution in [-0.4, -0.2) is 41.0 Å². The largest absolute Gasteiger partial charge is 0.298 e. The fourth-order valence-corrected chi connectivity index (χ4v) is 5.13. The van der Waals surface area contributed by atoms with Crippen molar-refractivity contribution in [1.82, 2.24) is 14.8 Å². The lowest BCUT2D eigenvalue weighted by molar-refractivity contribution is 0.0865. The van der Waals surface area contributed by atoms with Crippen molar-refractivity contribution in [1.29, 1.82) is 0 Å². The molecule has 3 nitrogen and oxygen atoms in total. The molecule has 1 spiro atoms. The second-order valence-corrected chi connectivity index (χ2v) is 8.84. The van der Waals surface area contributed by atoms with E-state index < -0.39 is 0 Å². The number of likely N-dealkylation sites (tertiary alicyclic amines) is 2. The topological polar surface area (TPSA) is 19.4 Å². The van der Waals surface area contributed by atoms with E-state index in [0.717, 1.165) is 38.3 Å². The maximum absolute atomic E-state index is 13.7. The van der Waals surface area contributed by atoms with Gasteiger partial charge in [0.1, 0.15) is 10.8 Å². The molecule has 0 N–H and O–H groups in total. The Morgan fingerprint density at radius 2 is 2.00 bits per heavy atom. The molecule has 1 unspecified atom stereocenters. The van der Waals surface area contributed by atoms with E-state index >= 15 is 0 Å². The highest BCUT2D eigenvalue weighted by molar-refractivity contribution is 7.09. The normalized spacial score (nSPS) is 25.0. The van der Waals surface area contributed by atoms with E-state index in [9.17, 15) is 4.39 Å². The van der Waals surface area contributed by atoms with Gasteiger partial charge in [0, 0.05) is 31.2 Å². The van der Waals surface area contributed by atoms with E-state index in [1.807, 2.05) is 12.3 Å². The number of halogens is 2. The standard InChI is InChI=1S/C19H23ClFN3S/c20-16-3-2-15(10-17(16)21)11-24-8-5-19(14-24)4-1-7-23(13-19)12-18-22-6-9-25-18/h2-3,6,9-10H,1,4-5,7-8,11-14H2. The minimum absolute atomic E-state index is 0.201. The Morgan fingerprint density at radius 1 is 1.16 bits per heavy atom. The van der Waals surface area contributed by atoms with Crippen LogP contribution in [-0.2, 0) is 13.1 Å². The summed E-state index contributed by atoms with van der Waals surface area (Å²) in [6, 6.07) is 5.17. The SMILES string of the molecule is Fc1cc(CN2CCC3(CCCN(Cc4nccs4)C3)C2)ccc1Cl. The van der Waals surface area contributed by atoms with Crippen LogP contribution in [0.5, 0.6) is 0 Å². The minimum Gasteiger partial charge on any atom is -0.298 e. The summed E-state index contributed by atoms with van der Waals surface area (Å²) < 4.78 is 13.7. The van der Waals surface area contributed by atoms with Gasteiger partial charge in [-0.25, -0.2) is 9.37 Å². The van der Waals surface area contributed by atoms with Gasteiger partial charge in [0.25, 0.3) is 0 Å². The monoisotopic (exact) mass is 379 g/mol. The second-order valence-electron chi connectivity index (χ2n) is 7.45. The lowest BCUT2D eigenvalue weighted by Gasteiger charge is -2.40. The summed E-state index contributed by atoms with van der Waals surface area (Å²) in [7, 11) is 0. The van der Waals surface area contributed by atoms with Crippen LogP contribution in [0.1, 0.15) is 29.8 Å². The first kappa shape index (κ1) is 17.4. The van der Waals surface area contributed by atoms with Gasteiger partial charge in [0.2, 0.25) is 0 Å². The predicted octanol–water partition coefficient (Wildman–Crippen LogP) is 4.42. The number of piperidine rings is 1. The summed E-state index contributed by atoms with van der Waals surface area (Å²) in [4.78, 5) is 9.46. The highest BCUT2D eigenvalue weighted by Gasteiger charge is 2.41. The maximum atomic E-state index is 13.7. The van der Waals surface area contributed by atoms with Crippen LogP contribution >= 0.6 is 22.9 Å². The molecule has 0 aliphatic carbocycles. The summed E-state index contributed by atoms with van der Waals surface area (Å²) in [6.45, 7) is 6.30. The first-order valence-corrected chi connectivity index (χ1v) is 10.1. The summed E-state index contributed by atoms with van der Waals surface area (Å²) in [6.07, 6.45) is 5.68. The first-order valence-electron chi connectivity index (χ1n) is 8.89. The summed E-state index contributed by atoms with van der Waals surface area (Å²) in [5.74, 6) is -0.319. The molecule has 3 heterocycles. The Hall–Kier alpha value is -1.01. The average molecular weight is 380 g/mol. The molecule has 25 heavy (non-hydrogen) atoms. The zero-order valence-electron chi connectivity index (χ0n) is 14.3. The van der Waals surface area contributed by atoms with Crippen molar-refractivity contribution >= 4 is 22.9 Å². The quantitative estimate of drug-likeness (QED) is 0.783. The highest BCUT2D eigenvalue weighted by atomic mass is 35.5. The Morgan fingerprint density at radius 3 is 2.76 bits per heavy atom. The lowest BCUT2D eigenvalue weighted by Crippen LogP contribution is -2.44. The summed E-state index contributed by atoms with van der Waals surface area (Å²) in [5, 5.41) is 3.47. The minimum atomic E-state index is -0.319. The third-order valence-corrected chi connectivity index (χ3v) is 6.56. The van der Waals surface area contributed by atoms with Crippen molar-refractivity contribution in [3.05, 3.63) is 51.2 Å². The molecule has 134 valence electrons. The highest BCUT2D eigenvalue weighted by Crippen LogP contribution is 2.40. The van der Waals surface area contributed by atoms with E-state index in [-0.39, 0.29) is 10.8 Å². The van der Waals surface area contributed by atoms with Crippen molar-refractivity contribution in [3.8, 4) is 0 Å². The Bertz CT molecular complexity index is 723. The van der Waals surface area contributed by atoms with Gasteiger partial charge in [-0.2, -0.15) is 0 Å². The fourth-order valence-electron chi connectivity index (χ4n) is 4.36. The molecule has 0 bridgehead atoms. The second kappa shape index (κ2) is 7.31. The van der Waals surface area contributed by atoms with Crippen LogP contribution in [0.2, 0.25) is 5.02 Å². The average Bonchev–Trinajstić information content (AvgIpc) is 3.22. The van der Waals surface area contributed by atoms with E-state index in [4.69, 9.17) is 11.6 Å². The van der Waals surface area contributed by atoms with Crippen molar-refractivity contribution in [3.63, 3.8) is 0 Å². The zero-order valence-corrected chi connectivity index (χ0v) is 15.8. The molecule has 2 aliphatic rings. The van der Waals surface area contributed by atoms with Gasteiger partial charge < -0.3 is 0 Å². The van der Waals surface area contributed by atoms with E-state index in [1.54, 1.807) is 23.5 Å². The summed E-state index contributed by atoms with van der Waals surface area (Å²) >= 11 is 7.53. The Kier molecular flexibility index (Phi) is 5.09. The molecule has 2 saturated heterocycles. The number of rotatable bonds is 4. The molecule has 6 heteroatoms. The molecule has 4 rings (SSSR count). The van der Waals surface area contributed by atoms with Crippen LogP contribution in [0.4, 0.5) is 4.39 Å². The van der Waals surface area contributed by atoms with Crippen LogP contribution in [0.25, 0.3) is 0 Å². The number of aromatic nitrogens is 1. The van der Waals surface area contributed by atoms with E-state index in [1.165, 1.54) is 30.8 Å². The third-order valence-electron chi connectivity index (χ3n) is 5.49. The molecule has 1 aromatic heterocycles. The molecule has 0 amide bonds. The predicted molar refractivity (Wildman–Crippen MR) is 100 cm³/mol. The van der Waals surface area contributed by atoms with Gasteiger partial charge in [-0.15, -0.1) is 11.3 Å². The van der Waals surface area contributed by atoms with Crippen LogP contribution in [0.3, 0.4) is 0 Å². The van der Waals surface area contributed by atoms with Crippen LogP contribution in [0.15, 0.2) is 29.8 Å². The van der Waals surface area contributed by atoms with Crippen LogP contribution < -0.4 is 0 Å². The zero-order chi connectivity index (χ0) is 17.3. The van der Waals surface area contributed by atoms with Crippen molar-refractivity contribution in [2.75, 3.05) is 26.2 Å². The van der Waals surface area contributed by atoms with Crippen molar-refractivity contribution in [2.45, 2.75) is 32.4 Å². The molecule has 2 aliphatic heterocycles. The van der Waals surface area contributed by atoms with Gasteiger partial charge in [-0.3, -0.25) is 9.80 Å². The van der Waals surface area contributed by atoms with Crippen molar-refractivity contribution < 1.29 is 4.39 Å². The maximum Gasteiger partial charge on any atom is 0.142 e. The molecule has 2 aromatic rings. The number of hydrogen-bond donors (Lipinski definition) is 0. The number of nitrogens with zero attached hydrogens (tertiary/aromatic N) is 3. The van der Waals surface area contributed by atoms with Gasteiger partial charge in [-0.1, -0.05) is 17.7 Å². The third kappa shape index (κ3) is 4.05. The molecule has 1 atom stereocenters. The molecular formula is C19H23ClFN3S. The summed E-state index contributed by atoms with van der Waals surface area (Å²) in [5.41, 5.74) is 1.40. The van der Waals surface area contributed by atoms with Gasteiger partial charge in [0.05, 0.1) is 11.6 Å². The Balaban J connectivity index is 1.37. The Labute approximate surface area is 157 Å². The van der Waals surface area contributed by atoms with Crippen LogP contribution in [0, 0.1) is 11.2 Å². The van der Waals surface area contributed by atoms with Gasteiger partial charge in [0.15, 0.2) is 0 Å². The molecule has 2 fully saturated rings. The van der Waals surface area contributed by atoms with Gasteiger partial charge in [-0.05, 0) is 55.5 Å². The fraction of sp³-hybridized carbons (Fsp3) is 0.526. The van der Waals surface area contributed by atoms with Gasteiger partial charge >= 0.3 is 0 Å².